The predicted octanol–water partition coefficient (Wildman–Crippen LogP) is 0.734. The van der Waals surface area contributed by atoms with Crippen molar-refractivity contribution in [2.45, 2.75) is 11.7 Å². The molecule has 5 heteroatoms. The van der Waals surface area contributed by atoms with Crippen LogP contribution in [0.3, 0.4) is 0 Å². The van der Waals surface area contributed by atoms with Crippen molar-refractivity contribution in [3.63, 3.8) is 0 Å². The Morgan fingerprint density at radius 2 is 1.90 bits per heavy atom. The molecule has 0 saturated carbocycles. The van der Waals surface area contributed by atoms with Crippen LogP contribution in [0.25, 0.3) is 0 Å². The summed E-state index contributed by atoms with van der Waals surface area (Å²) in [5.74, 6) is 0. The van der Waals surface area contributed by atoms with E-state index in [2.05, 4.69) is 9.47 Å². The summed E-state index contributed by atoms with van der Waals surface area (Å²) in [6.07, 6.45) is -0.684. The molecule has 0 saturated heterocycles. The number of hydrogen-bond acceptors (Lipinski definition) is 3. The molecule has 3 nitrogen and oxygen atoms in total. The fraction of sp³-hybridized carbons (Fsp3) is 0.800. The van der Waals surface area contributed by atoms with E-state index in [4.69, 9.17) is 16.9 Å². The molecule has 54 valence electrons. The first-order valence-corrected chi connectivity index (χ1v) is 2.79. The van der Waals surface area contributed by atoms with E-state index in [0.717, 1.165) is 0 Å². The average molecular weight is 215 g/mol. The van der Waals surface area contributed by atoms with Crippen LogP contribution in [0.4, 0.5) is 0 Å². The van der Waals surface area contributed by atoms with Crippen molar-refractivity contribution in [1.82, 2.24) is 0 Å². The summed E-state index contributed by atoms with van der Waals surface area (Å²) in [5.41, 5.74) is -0.681. The van der Waals surface area contributed by atoms with Crippen molar-refractivity contribution >= 4 is 11.6 Å². The molecule has 0 aromatic rings. The van der Waals surface area contributed by atoms with E-state index in [9.17, 15) is 0 Å². The van der Waals surface area contributed by atoms with Crippen LogP contribution in [-0.2, 0) is 29.0 Å². The van der Waals surface area contributed by atoms with Gasteiger partial charge < -0.3 is 9.47 Å². The Morgan fingerprint density at radius 1 is 1.40 bits per heavy atom. The zero-order chi connectivity index (χ0) is 7.28. The second kappa shape index (κ2) is 7.43. The summed E-state index contributed by atoms with van der Waals surface area (Å²) in [6.45, 7) is 0. The monoisotopic (exact) mass is 213 g/mol. The zero-order valence-electron chi connectivity index (χ0n) is 6.00. The van der Waals surface area contributed by atoms with Gasteiger partial charge in [-0.2, -0.15) is 5.26 Å². The molecular weight excluding hydrogens is 207 g/mol. The maximum Gasteiger partial charge on any atom is 0.183 e. The van der Waals surface area contributed by atoms with E-state index in [1.54, 1.807) is 0 Å². The summed E-state index contributed by atoms with van der Waals surface area (Å²) in [7, 11) is 2.82. The summed E-state index contributed by atoms with van der Waals surface area (Å²) >= 11 is 5.46. The Bertz CT molecular complexity index is 117. The normalized spacial score (nSPS) is 14.6. The summed E-state index contributed by atoms with van der Waals surface area (Å²) < 4.78 is 9.25. The molecule has 0 bridgehead atoms. The van der Waals surface area contributed by atoms with Gasteiger partial charge in [-0.1, -0.05) is 11.6 Å². The first-order valence-electron chi connectivity index (χ1n) is 2.35. The zero-order valence-corrected chi connectivity index (χ0v) is 9.73. The van der Waals surface area contributed by atoms with Crippen LogP contribution in [0, 0.1) is 11.3 Å². The molecule has 0 aliphatic rings. The van der Waals surface area contributed by atoms with Gasteiger partial charge in [-0.3, -0.25) is 0 Å². The van der Waals surface area contributed by atoms with Crippen LogP contribution in [0.1, 0.15) is 0 Å². The Balaban J connectivity index is 0. The molecule has 0 aliphatic heterocycles. The third kappa shape index (κ3) is 4.19. The third-order valence-electron chi connectivity index (χ3n) is 0.844. The van der Waals surface area contributed by atoms with Gasteiger partial charge in [0, 0.05) is 33.7 Å². The molecule has 0 rings (SSSR count). The van der Waals surface area contributed by atoms with Crippen molar-refractivity contribution in [2.24, 2.45) is 0 Å². The Labute approximate surface area is 78.0 Å². The predicted molar refractivity (Wildman–Crippen MR) is 33.1 cm³/mol. The molecule has 0 amide bonds. The summed E-state index contributed by atoms with van der Waals surface area (Å²) in [6, 6.07) is 1.82. The van der Waals surface area contributed by atoms with Crippen molar-refractivity contribution in [1.29, 1.82) is 5.26 Å². The van der Waals surface area contributed by atoms with Crippen LogP contribution < -0.4 is 0 Å². The molecule has 0 fully saturated rings. The number of nitrogens with zero attached hydrogens (tertiary/aromatic N) is 1. The molecule has 0 heterocycles. The summed E-state index contributed by atoms with van der Waals surface area (Å²) in [4.78, 5) is 0. The second-order valence-electron chi connectivity index (χ2n) is 1.37. The molecule has 2 unspecified atom stereocenters. The van der Waals surface area contributed by atoms with Crippen molar-refractivity contribution < 1.29 is 29.0 Å². The van der Waals surface area contributed by atoms with Crippen LogP contribution in [-0.4, -0.2) is 25.9 Å². The first-order chi connectivity index (χ1) is 4.26. The van der Waals surface area contributed by atoms with Crippen molar-refractivity contribution in [2.75, 3.05) is 14.2 Å². The van der Waals surface area contributed by atoms with Gasteiger partial charge in [0.1, 0.15) is 0 Å². The first kappa shape index (κ1) is 13.0. The van der Waals surface area contributed by atoms with Crippen LogP contribution in [0.2, 0.25) is 0 Å². The molecule has 2 atom stereocenters. The fourth-order valence-corrected chi connectivity index (χ4v) is 0.501. The maximum atomic E-state index is 8.29. The van der Waals surface area contributed by atoms with E-state index >= 15 is 0 Å². The van der Waals surface area contributed by atoms with E-state index in [1.807, 2.05) is 6.07 Å². The number of nitriles is 1. The number of alkyl halides is 1. The van der Waals surface area contributed by atoms with Gasteiger partial charge in [0.15, 0.2) is 11.7 Å². The van der Waals surface area contributed by atoms with Gasteiger partial charge in [0.2, 0.25) is 0 Å². The average Bonchev–Trinajstić information content (AvgIpc) is 1.90. The molecule has 0 radical (unpaired) electrons. The standard InChI is InChI=1S/C5H8ClNO2.Zn/c1-8-4(3-7)5(6)9-2;/h4-5H,1-2H3;. The quantitative estimate of drug-likeness (QED) is 0.514. The minimum Gasteiger partial charge on any atom is -0.362 e. The van der Waals surface area contributed by atoms with Gasteiger partial charge in [-0.25, -0.2) is 0 Å². The van der Waals surface area contributed by atoms with Gasteiger partial charge in [0.25, 0.3) is 0 Å². The number of halogens is 1. The smallest absolute Gasteiger partial charge is 0.183 e. The van der Waals surface area contributed by atoms with Gasteiger partial charge in [-0.15, -0.1) is 0 Å². The van der Waals surface area contributed by atoms with Crippen molar-refractivity contribution in [3.05, 3.63) is 0 Å². The fourth-order valence-electron chi connectivity index (χ4n) is 0.342. The van der Waals surface area contributed by atoms with Crippen LogP contribution >= 0.6 is 11.6 Å². The third-order valence-corrected chi connectivity index (χ3v) is 1.25. The molecular formula is C5H8ClNO2Zn. The Morgan fingerprint density at radius 3 is 2.00 bits per heavy atom. The minimum absolute atomic E-state index is 0. The molecule has 0 aromatic carbocycles. The van der Waals surface area contributed by atoms with Gasteiger partial charge in [-0.05, 0) is 0 Å². The largest absolute Gasteiger partial charge is 0.362 e. The van der Waals surface area contributed by atoms with E-state index < -0.39 is 11.7 Å². The van der Waals surface area contributed by atoms with Gasteiger partial charge >= 0.3 is 0 Å². The molecule has 10 heavy (non-hydrogen) atoms. The number of methoxy groups -OCH3 is 2. The molecule has 0 aliphatic carbocycles. The molecule has 0 N–H and O–H groups in total. The number of ether oxygens (including phenoxy) is 2. The number of rotatable bonds is 3. The minimum atomic E-state index is -0.684. The van der Waals surface area contributed by atoms with E-state index in [0.29, 0.717) is 0 Å². The maximum absolute atomic E-state index is 8.29. The van der Waals surface area contributed by atoms with Crippen LogP contribution in [0.15, 0.2) is 0 Å². The topological polar surface area (TPSA) is 42.2 Å². The Kier molecular flexibility index (Phi) is 9.62. The summed E-state index contributed by atoms with van der Waals surface area (Å²) in [5, 5.41) is 8.29. The van der Waals surface area contributed by atoms with E-state index in [1.165, 1.54) is 14.2 Å². The molecule has 0 aromatic heterocycles. The van der Waals surface area contributed by atoms with Crippen LogP contribution in [0.5, 0.6) is 0 Å². The second-order valence-corrected chi connectivity index (χ2v) is 1.80. The van der Waals surface area contributed by atoms with Gasteiger partial charge in [0.05, 0.1) is 6.07 Å². The van der Waals surface area contributed by atoms with Crippen molar-refractivity contribution in [3.8, 4) is 6.07 Å². The Hall–Kier alpha value is 0.323. The van der Waals surface area contributed by atoms with E-state index in [-0.39, 0.29) is 19.5 Å². The SMILES string of the molecule is COC(Cl)C(C#N)OC.[Zn]. The molecule has 0 spiro atoms. The number of hydrogen-bond donors (Lipinski definition) is 0.